The van der Waals surface area contributed by atoms with E-state index in [1.54, 1.807) is 14.1 Å². The van der Waals surface area contributed by atoms with Gasteiger partial charge in [0.2, 0.25) is 9.47 Å². The number of hydrogen-bond donors (Lipinski definition) is 0. The van der Waals surface area contributed by atoms with Crippen molar-refractivity contribution in [3.8, 4) is 0 Å². The SMILES string of the molecule is CN(C)C(=O)N(C)c1nnc(S(=O)(=O)N(C)CC2CCCO2)s1. The first-order valence-corrected chi connectivity index (χ1v) is 9.35. The molecule has 9 nitrogen and oxygen atoms in total. The third kappa shape index (κ3) is 3.97. The van der Waals surface area contributed by atoms with Crippen LogP contribution in [-0.4, -0.2) is 81.3 Å². The highest BCUT2D eigenvalue weighted by Gasteiger charge is 2.30. The maximum absolute atomic E-state index is 12.5. The van der Waals surface area contributed by atoms with Gasteiger partial charge in [0.25, 0.3) is 10.0 Å². The van der Waals surface area contributed by atoms with Crippen LogP contribution in [0.2, 0.25) is 0 Å². The van der Waals surface area contributed by atoms with E-state index in [1.807, 2.05) is 0 Å². The average molecular weight is 363 g/mol. The lowest BCUT2D eigenvalue weighted by atomic mass is 10.2. The van der Waals surface area contributed by atoms with Gasteiger partial charge >= 0.3 is 6.03 Å². The number of likely N-dealkylation sites (N-methyl/N-ethyl adjacent to an activating group) is 1. The molecule has 0 N–H and O–H groups in total. The van der Waals surface area contributed by atoms with Crippen molar-refractivity contribution in [2.75, 3.05) is 46.2 Å². The predicted octanol–water partition coefficient (Wildman–Crippen LogP) is 0.455. The monoisotopic (exact) mass is 363 g/mol. The molecule has 130 valence electrons. The van der Waals surface area contributed by atoms with E-state index >= 15 is 0 Å². The summed E-state index contributed by atoms with van der Waals surface area (Å²) < 4.78 is 31.6. The molecule has 0 aromatic carbocycles. The Morgan fingerprint density at radius 2 is 2.00 bits per heavy atom. The summed E-state index contributed by atoms with van der Waals surface area (Å²) in [5, 5.41) is 7.77. The Balaban J connectivity index is 2.12. The maximum Gasteiger partial charge on any atom is 0.325 e. The Labute approximate surface area is 139 Å². The lowest BCUT2D eigenvalue weighted by Gasteiger charge is -2.19. The van der Waals surface area contributed by atoms with Crippen LogP contribution in [0.5, 0.6) is 0 Å². The van der Waals surface area contributed by atoms with Gasteiger partial charge in [-0.2, -0.15) is 4.31 Å². The van der Waals surface area contributed by atoms with Crippen LogP contribution in [0.1, 0.15) is 12.8 Å². The van der Waals surface area contributed by atoms with Crippen molar-refractivity contribution in [2.45, 2.75) is 23.3 Å². The van der Waals surface area contributed by atoms with E-state index in [2.05, 4.69) is 10.2 Å². The first kappa shape index (κ1) is 18.0. The van der Waals surface area contributed by atoms with Crippen molar-refractivity contribution in [3.63, 3.8) is 0 Å². The van der Waals surface area contributed by atoms with E-state index in [4.69, 9.17) is 4.74 Å². The number of nitrogens with zero attached hydrogens (tertiary/aromatic N) is 5. The van der Waals surface area contributed by atoms with Crippen LogP contribution >= 0.6 is 11.3 Å². The zero-order chi connectivity index (χ0) is 17.2. The lowest BCUT2D eigenvalue weighted by Crippen LogP contribution is -2.36. The number of ether oxygens (including phenoxy) is 1. The molecule has 0 spiro atoms. The molecule has 1 aromatic rings. The number of aromatic nitrogens is 2. The molecular formula is C12H21N5O4S2. The standard InChI is InChI=1S/C12H21N5O4S2/c1-15(2)12(18)17(4)10-13-14-11(22-10)23(19,20)16(3)8-9-6-5-7-21-9/h9H,5-8H2,1-4H3. The van der Waals surface area contributed by atoms with E-state index in [1.165, 1.54) is 28.2 Å². The minimum Gasteiger partial charge on any atom is -0.377 e. The van der Waals surface area contributed by atoms with Gasteiger partial charge in [0, 0.05) is 41.3 Å². The first-order chi connectivity index (χ1) is 10.7. The summed E-state index contributed by atoms with van der Waals surface area (Å²) in [4.78, 5) is 14.5. The second-order valence-electron chi connectivity index (χ2n) is 5.51. The molecule has 2 heterocycles. The van der Waals surface area contributed by atoms with E-state index in [9.17, 15) is 13.2 Å². The predicted molar refractivity (Wildman–Crippen MR) is 86.2 cm³/mol. The molecule has 23 heavy (non-hydrogen) atoms. The maximum atomic E-state index is 12.5. The van der Waals surface area contributed by atoms with Crippen molar-refractivity contribution in [1.29, 1.82) is 0 Å². The molecule has 1 aromatic heterocycles. The van der Waals surface area contributed by atoms with Gasteiger partial charge in [-0.3, -0.25) is 4.90 Å². The third-order valence-electron chi connectivity index (χ3n) is 3.47. The van der Waals surface area contributed by atoms with Crippen LogP contribution in [-0.2, 0) is 14.8 Å². The summed E-state index contributed by atoms with van der Waals surface area (Å²) in [7, 11) is 2.49. The van der Waals surface area contributed by atoms with Gasteiger partial charge in [-0.05, 0) is 12.8 Å². The molecule has 0 bridgehead atoms. The zero-order valence-electron chi connectivity index (χ0n) is 13.6. The molecule has 2 rings (SSSR count). The molecular weight excluding hydrogens is 342 g/mol. The van der Waals surface area contributed by atoms with Crippen molar-refractivity contribution in [1.82, 2.24) is 19.4 Å². The summed E-state index contributed by atoms with van der Waals surface area (Å²) in [5.74, 6) is 0. The van der Waals surface area contributed by atoms with E-state index in [-0.39, 0.29) is 28.2 Å². The molecule has 11 heteroatoms. The molecule has 1 atom stereocenters. The highest BCUT2D eigenvalue weighted by molar-refractivity contribution is 7.91. The molecule has 0 radical (unpaired) electrons. The van der Waals surface area contributed by atoms with Crippen LogP contribution in [0.25, 0.3) is 0 Å². The van der Waals surface area contributed by atoms with Crippen LogP contribution in [0, 0.1) is 0 Å². The Morgan fingerprint density at radius 3 is 2.57 bits per heavy atom. The van der Waals surface area contributed by atoms with Crippen molar-refractivity contribution in [2.24, 2.45) is 0 Å². The number of amides is 2. The number of rotatable bonds is 5. The molecule has 1 aliphatic heterocycles. The molecule has 1 fully saturated rings. The van der Waals surface area contributed by atoms with E-state index < -0.39 is 10.0 Å². The summed E-state index contributed by atoms with van der Waals surface area (Å²) in [6.07, 6.45) is 1.71. The smallest absolute Gasteiger partial charge is 0.325 e. The van der Waals surface area contributed by atoms with Crippen LogP contribution in [0.4, 0.5) is 9.93 Å². The van der Waals surface area contributed by atoms with Gasteiger partial charge in [-0.1, -0.05) is 11.3 Å². The highest BCUT2D eigenvalue weighted by Crippen LogP contribution is 2.26. The van der Waals surface area contributed by atoms with Gasteiger partial charge in [-0.25, -0.2) is 13.2 Å². The molecule has 2 amide bonds. The molecule has 1 saturated heterocycles. The molecule has 0 saturated carbocycles. The van der Waals surface area contributed by atoms with Crippen LogP contribution in [0.15, 0.2) is 4.34 Å². The largest absolute Gasteiger partial charge is 0.377 e. The first-order valence-electron chi connectivity index (χ1n) is 7.10. The fraction of sp³-hybridized carbons (Fsp3) is 0.750. The Morgan fingerprint density at radius 1 is 1.30 bits per heavy atom. The third-order valence-corrected chi connectivity index (χ3v) is 6.64. The Hall–Kier alpha value is -1.30. The van der Waals surface area contributed by atoms with Crippen molar-refractivity contribution >= 4 is 32.5 Å². The van der Waals surface area contributed by atoms with Crippen molar-refractivity contribution in [3.05, 3.63) is 0 Å². The quantitative estimate of drug-likeness (QED) is 0.705. The number of anilines is 1. The zero-order valence-corrected chi connectivity index (χ0v) is 15.2. The Kier molecular flexibility index (Phi) is 5.55. The summed E-state index contributed by atoms with van der Waals surface area (Å²) >= 11 is 0.866. The minimum absolute atomic E-state index is 0.0832. The topological polar surface area (TPSA) is 95.9 Å². The Bertz CT molecular complexity index is 654. The van der Waals surface area contributed by atoms with Gasteiger partial charge in [-0.15, -0.1) is 10.2 Å². The van der Waals surface area contributed by atoms with Crippen molar-refractivity contribution < 1.29 is 17.9 Å². The van der Waals surface area contributed by atoms with Gasteiger partial charge < -0.3 is 9.64 Å². The second-order valence-corrected chi connectivity index (χ2v) is 8.68. The van der Waals surface area contributed by atoms with Gasteiger partial charge in [0.1, 0.15) is 0 Å². The van der Waals surface area contributed by atoms with E-state index in [0.29, 0.717) is 6.61 Å². The molecule has 1 unspecified atom stereocenters. The van der Waals surface area contributed by atoms with Gasteiger partial charge in [0.15, 0.2) is 0 Å². The fourth-order valence-corrected chi connectivity index (χ4v) is 4.46. The van der Waals surface area contributed by atoms with Crippen LogP contribution < -0.4 is 4.90 Å². The highest BCUT2D eigenvalue weighted by atomic mass is 32.2. The van der Waals surface area contributed by atoms with Gasteiger partial charge in [0.05, 0.1) is 6.10 Å². The normalized spacial score (nSPS) is 18.4. The second kappa shape index (κ2) is 7.07. The van der Waals surface area contributed by atoms with Crippen LogP contribution in [0.3, 0.4) is 0 Å². The summed E-state index contributed by atoms with van der Waals surface area (Å²) in [6, 6.07) is -0.308. The number of carbonyl (C=O) groups is 1. The van der Waals surface area contributed by atoms with E-state index in [0.717, 1.165) is 24.2 Å². The number of urea groups is 1. The summed E-state index contributed by atoms with van der Waals surface area (Å²) in [6.45, 7) is 0.947. The number of carbonyl (C=O) groups excluding carboxylic acids is 1. The molecule has 1 aliphatic rings. The molecule has 0 aliphatic carbocycles. The minimum atomic E-state index is -3.74. The lowest BCUT2D eigenvalue weighted by molar-refractivity contribution is 0.0979. The number of hydrogen-bond acceptors (Lipinski definition) is 7. The fourth-order valence-electron chi connectivity index (χ4n) is 2.13. The summed E-state index contributed by atoms with van der Waals surface area (Å²) in [5.41, 5.74) is 0. The average Bonchev–Trinajstić information content (AvgIpc) is 3.16. The number of sulfonamides is 1.